The molecule has 48 heavy (non-hydrogen) atoms. The van der Waals surface area contributed by atoms with Gasteiger partial charge in [-0.1, -0.05) is 36.0 Å². The van der Waals surface area contributed by atoms with Crippen LogP contribution < -0.4 is 20.2 Å². The zero-order valence-electron chi connectivity index (χ0n) is 26.4. The third kappa shape index (κ3) is 10.8. The normalized spacial score (nSPS) is 11.1. The van der Waals surface area contributed by atoms with Gasteiger partial charge in [-0.05, 0) is 49.2 Å². The monoisotopic (exact) mass is 689 g/mol. The zero-order valence-corrected chi connectivity index (χ0v) is 28.1. The average Bonchev–Trinajstić information content (AvgIpc) is 3.08. The topological polar surface area (TPSA) is 151 Å². The Morgan fingerprint density at radius 2 is 1.27 bits per heavy atom. The minimum absolute atomic E-state index is 0.0481. The maximum absolute atomic E-state index is 13.4. The Morgan fingerprint density at radius 3 is 1.85 bits per heavy atom. The number of amides is 3. The van der Waals surface area contributed by atoms with Gasteiger partial charge in [-0.3, -0.25) is 19.2 Å². The van der Waals surface area contributed by atoms with Crippen molar-refractivity contribution in [3.8, 4) is 0 Å². The molecule has 0 spiro atoms. The van der Waals surface area contributed by atoms with E-state index in [2.05, 4.69) is 9.88 Å². The highest BCUT2D eigenvalue weighted by Crippen LogP contribution is 2.27. The van der Waals surface area contributed by atoms with Crippen LogP contribution in [0.5, 0.6) is 0 Å². The Hall–Kier alpha value is -4.88. The summed E-state index contributed by atoms with van der Waals surface area (Å²) < 4.78 is 31.3. The van der Waals surface area contributed by atoms with Gasteiger partial charge in [0.15, 0.2) is 29.9 Å². The fourth-order valence-electron chi connectivity index (χ4n) is 4.83. The predicted molar refractivity (Wildman–Crippen MR) is 181 cm³/mol. The minimum atomic E-state index is -4.40. The fraction of sp³-hybridized carbons (Fsp3) is 0.257. The third-order valence-corrected chi connectivity index (χ3v) is 10.1. The summed E-state index contributed by atoms with van der Waals surface area (Å²) in [7, 11) is -4.40. The van der Waals surface area contributed by atoms with Crippen molar-refractivity contribution in [3.05, 3.63) is 115 Å². The van der Waals surface area contributed by atoms with Crippen LogP contribution in [0.4, 0.5) is 5.69 Å². The van der Waals surface area contributed by atoms with Gasteiger partial charge in [-0.2, -0.15) is 0 Å². The van der Waals surface area contributed by atoms with Crippen LogP contribution in [-0.2, 0) is 37.5 Å². The van der Waals surface area contributed by atoms with Gasteiger partial charge in [0, 0.05) is 60.5 Å². The number of benzene rings is 2. The third-order valence-electron chi connectivity index (χ3n) is 7.29. The Morgan fingerprint density at radius 1 is 0.708 bits per heavy atom. The van der Waals surface area contributed by atoms with Crippen molar-refractivity contribution in [3.63, 3.8) is 0 Å². The number of nitrogens with zero attached hydrogens (tertiary/aromatic N) is 3. The average molecular weight is 690 g/mol. The summed E-state index contributed by atoms with van der Waals surface area (Å²) in [4.78, 5) is 50.9. The van der Waals surface area contributed by atoms with Crippen LogP contribution in [0.1, 0.15) is 48.9 Å². The number of aryl methyl sites for hydroxylation is 2. The molecule has 0 aliphatic carbocycles. The lowest BCUT2D eigenvalue weighted by Gasteiger charge is -2.21. The fourth-order valence-corrected chi connectivity index (χ4v) is 7.13. The van der Waals surface area contributed by atoms with Gasteiger partial charge in [0.2, 0.25) is 11.8 Å². The van der Waals surface area contributed by atoms with Crippen LogP contribution in [0, 0.1) is 0 Å². The molecule has 0 saturated carbocycles. The molecule has 0 radical (unpaired) electrons. The Kier molecular flexibility index (Phi) is 13.4. The zero-order chi connectivity index (χ0) is 34.4. The first-order chi connectivity index (χ1) is 23.1. The molecule has 0 bridgehead atoms. The standard InChI is InChI=1S/C35H37N5O6S2/c36-32(41)27-40(33(42)15-5-11-25-38-21-7-1-8-22-38)48(45,46)29-19-17-28(18-20-29)37-35(44)30-13-3-4-14-31(30)47-34(43)16-6-12-26-39-23-9-2-10-24-39/h1-4,7-10,13-14,17-24H,5-6,11-12,15-16,25-27H2,(H-2,36,37,41,44)/p+2. The predicted octanol–water partition coefficient (Wildman–Crippen LogP) is 3.88. The first kappa shape index (κ1) is 36.0. The minimum Gasteiger partial charge on any atom is -0.368 e. The number of unbranched alkanes of at least 4 members (excludes halogenated alkanes) is 2. The lowest BCUT2D eigenvalue weighted by atomic mass is 10.2. The quantitative estimate of drug-likeness (QED) is 0.0971. The molecule has 2 aromatic heterocycles. The lowest BCUT2D eigenvalue weighted by Crippen LogP contribution is -2.42. The maximum atomic E-state index is 13.4. The number of aromatic nitrogens is 2. The Labute approximate surface area is 284 Å². The van der Waals surface area contributed by atoms with Crippen molar-refractivity contribution >= 4 is 50.3 Å². The van der Waals surface area contributed by atoms with Gasteiger partial charge < -0.3 is 11.1 Å². The molecule has 0 atom stereocenters. The molecule has 2 aromatic carbocycles. The number of pyridine rings is 2. The van der Waals surface area contributed by atoms with Crippen LogP contribution >= 0.6 is 11.8 Å². The van der Waals surface area contributed by atoms with E-state index in [0.717, 1.165) is 24.7 Å². The van der Waals surface area contributed by atoms with E-state index in [1.807, 2.05) is 65.8 Å². The van der Waals surface area contributed by atoms with E-state index >= 15 is 0 Å². The molecule has 4 aromatic rings. The second kappa shape index (κ2) is 17.9. The maximum Gasteiger partial charge on any atom is 0.266 e. The number of anilines is 1. The summed E-state index contributed by atoms with van der Waals surface area (Å²) in [5.41, 5.74) is 5.90. The highest BCUT2D eigenvalue weighted by atomic mass is 32.2. The molecular weight excluding hydrogens is 651 g/mol. The molecule has 4 rings (SSSR count). The first-order valence-electron chi connectivity index (χ1n) is 15.6. The summed E-state index contributed by atoms with van der Waals surface area (Å²) in [5, 5.41) is 2.69. The number of hydrogen-bond donors (Lipinski definition) is 2. The lowest BCUT2D eigenvalue weighted by molar-refractivity contribution is -0.697. The van der Waals surface area contributed by atoms with Crippen molar-refractivity contribution in [1.29, 1.82) is 0 Å². The number of carbonyl (C=O) groups excluding carboxylic acids is 4. The molecule has 250 valence electrons. The van der Waals surface area contributed by atoms with E-state index in [9.17, 15) is 27.6 Å². The summed E-state index contributed by atoms with van der Waals surface area (Å²) in [5.74, 6) is -2.17. The molecular formula is C35H39N5O6S2+2. The second-order valence-electron chi connectivity index (χ2n) is 11.0. The van der Waals surface area contributed by atoms with Crippen LogP contribution in [0.3, 0.4) is 0 Å². The van der Waals surface area contributed by atoms with E-state index < -0.39 is 34.3 Å². The highest BCUT2D eigenvalue weighted by molar-refractivity contribution is 8.13. The van der Waals surface area contributed by atoms with Gasteiger partial charge in [0.25, 0.3) is 15.9 Å². The van der Waals surface area contributed by atoms with Crippen molar-refractivity contribution < 1.29 is 36.7 Å². The van der Waals surface area contributed by atoms with E-state index in [1.54, 1.807) is 24.3 Å². The Bertz CT molecular complexity index is 1800. The van der Waals surface area contributed by atoms with Crippen molar-refractivity contribution in [2.45, 2.75) is 61.4 Å². The molecule has 13 heteroatoms. The molecule has 11 nitrogen and oxygen atoms in total. The van der Waals surface area contributed by atoms with Crippen molar-refractivity contribution in [2.24, 2.45) is 5.73 Å². The number of thioether (sulfide) groups is 1. The van der Waals surface area contributed by atoms with E-state index in [0.29, 0.717) is 52.7 Å². The van der Waals surface area contributed by atoms with Crippen molar-refractivity contribution in [2.75, 3.05) is 11.9 Å². The molecule has 0 saturated heterocycles. The number of carbonyl (C=O) groups is 4. The SMILES string of the molecule is NC(=O)CN(C(=O)CCCC[n+]1ccccc1)S(=O)(=O)c1ccc(NC(=O)c2ccccc2SC(=O)CCCC[n+]2ccccc2)cc1. The molecule has 0 fully saturated rings. The molecule has 0 unspecified atom stereocenters. The highest BCUT2D eigenvalue weighted by Gasteiger charge is 2.30. The number of hydrogen-bond acceptors (Lipinski definition) is 7. The summed E-state index contributed by atoms with van der Waals surface area (Å²) in [6.45, 7) is 0.677. The second-order valence-corrected chi connectivity index (χ2v) is 13.9. The molecule has 3 amide bonds. The number of sulfonamides is 1. The number of nitrogens with one attached hydrogen (secondary N) is 1. The summed E-state index contributed by atoms with van der Waals surface area (Å²) in [6.07, 6.45) is 10.6. The molecule has 0 aliphatic rings. The van der Waals surface area contributed by atoms with Crippen LogP contribution in [0.2, 0.25) is 0 Å². The van der Waals surface area contributed by atoms with Crippen molar-refractivity contribution in [1.82, 2.24) is 4.31 Å². The van der Waals surface area contributed by atoms with Gasteiger partial charge in [0.05, 0.1) is 10.5 Å². The van der Waals surface area contributed by atoms with Gasteiger partial charge in [0.1, 0.15) is 19.6 Å². The van der Waals surface area contributed by atoms with Crippen LogP contribution in [-0.4, -0.2) is 42.1 Å². The van der Waals surface area contributed by atoms with Gasteiger partial charge in [-0.25, -0.2) is 21.9 Å². The Balaban J connectivity index is 1.34. The summed E-state index contributed by atoms with van der Waals surface area (Å²) >= 11 is 1.02. The molecule has 0 aliphatic heterocycles. The van der Waals surface area contributed by atoms with Gasteiger partial charge >= 0.3 is 0 Å². The van der Waals surface area contributed by atoms with E-state index in [4.69, 9.17) is 5.73 Å². The van der Waals surface area contributed by atoms with Crippen LogP contribution in [0.15, 0.2) is 120 Å². The van der Waals surface area contributed by atoms with Crippen LogP contribution in [0.25, 0.3) is 0 Å². The molecule has 3 N–H and O–H groups in total. The number of rotatable bonds is 17. The molecule has 2 heterocycles. The number of primary amides is 1. The first-order valence-corrected chi connectivity index (χ1v) is 17.8. The van der Waals surface area contributed by atoms with E-state index in [1.165, 1.54) is 24.3 Å². The summed E-state index contributed by atoms with van der Waals surface area (Å²) in [6, 6.07) is 23.6. The smallest absolute Gasteiger partial charge is 0.266 e. The largest absolute Gasteiger partial charge is 0.368 e. The van der Waals surface area contributed by atoms with Gasteiger partial charge in [-0.15, -0.1) is 0 Å². The number of nitrogens with two attached hydrogens (primary N) is 1. The van der Waals surface area contributed by atoms with E-state index in [-0.39, 0.29) is 16.4 Å².